The molecule has 0 aromatic heterocycles. The van der Waals surface area contributed by atoms with Crippen molar-refractivity contribution in [2.75, 3.05) is 7.11 Å². The van der Waals surface area contributed by atoms with Gasteiger partial charge in [-0.15, -0.1) is 0 Å². The number of amides is 1. The second kappa shape index (κ2) is 7.58. The summed E-state index contributed by atoms with van der Waals surface area (Å²) >= 11 is 0. The number of aryl methyl sites for hydroxylation is 2. The molecule has 1 amide bonds. The van der Waals surface area contributed by atoms with Crippen LogP contribution >= 0.6 is 0 Å². The van der Waals surface area contributed by atoms with Crippen LogP contribution in [0.4, 0.5) is 0 Å². The van der Waals surface area contributed by atoms with Gasteiger partial charge in [-0.1, -0.05) is 29.3 Å². The number of phenols is 1. The van der Waals surface area contributed by atoms with Gasteiger partial charge in [0.2, 0.25) is 0 Å². The van der Waals surface area contributed by atoms with Gasteiger partial charge in [-0.05, 0) is 50.6 Å². The largest absolute Gasteiger partial charge is 0.508 e. The molecule has 26 heavy (non-hydrogen) atoms. The van der Waals surface area contributed by atoms with E-state index in [0.29, 0.717) is 11.1 Å². The zero-order valence-corrected chi connectivity index (χ0v) is 15.3. The average molecular weight is 357 g/mol. The Kier molecular flexibility index (Phi) is 5.67. The number of hydrogen-bond acceptors (Lipinski definition) is 4. The number of carbonyl (C=O) groups excluding carboxylic acids is 1. The monoisotopic (exact) mass is 357 g/mol. The van der Waals surface area contributed by atoms with E-state index in [4.69, 9.17) is 4.84 Å². The molecule has 2 rings (SSSR count). The molecule has 0 saturated carbocycles. The average Bonchev–Trinajstić information content (AvgIpc) is 2.56. The highest BCUT2D eigenvalue weighted by atomic mass is 16.7. The summed E-state index contributed by atoms with van der Waals surface area (Å²) in [6.45, 7) is 5.17. The van der Waals surface area contributed by atoms with E-state index in [2.05, 4.69) is 0 Å². The maximum absolute atomic E-state index is 13.0. The lowest BCUT2D eigenvalue weighted by Gasteiger charge is -2.36. The summed E-state index contributed by atoms with van der Waals surface area (Å²) in [5, 5.41) is 20.1. The van der Waals surface area contributed by atoms with Crippen LogP contribution in [-0.4, -0.2) is 39.8 Å². The molecule has 6 heteroatoms. The quantitative estimate of drug-likeness (QED) is 0.776. The Balaban J connectivity index is 2.42. The molecule has 0 aliphatic heterocycles. The third kappa shape index (κ3) is 4.03. The van der Waals surface area contributed by atoms with Gasteiger partial charge in [-0.3, -0.25) is 9.63 Å². The first-order valence-corrected chi connectivity index (χ1v) is 8.15. The van der Waals surface area contributed by atoms with E-state index >= 15 is 0 Å². The normalized spacial score (nSPS) is 13.1. The van der Waals surface area contributed by atoms with E-state index in [0.717, 1.165) is 16.2 Å². The van der Waals surface area contributed by atoms with Gasteiger partial charge in [0.05, 0.1) is 7.11 Å². The van der Waals surface area contributed by atoms with E-state index in [1.165, 1.54) is 26.2 Å². The van der Waals surface area contributed by atoms with Gasteiger partial charge in [0.25, 0.3) is 5.91 Å². The highest BCUT2D eigenvalue weighted by Gasteiger charge is 2.44. The molecule has 0 fully saturated rings. The molecule has 0 heterocycles. The van der Waals surface area contributed by atoms with Crippen molar-refractivity contribution in [1.29, 1.82) is 0 Å². The number of aliphatic carboxylic acids is 1. The summed E-state index contributed by atoms with van der Waals surface area (Å²) in [4.78, 5) is 30.2. The van der Waals surface area contributed by atoms with Gasteiger partial charge in [0.15, 0.2) is 5.54 Å². The molecule has 0 aliphatic carbocycles. The Labute approximate surface area is 152 Å². The number of hydroxylamine groups is 2. The molecule has 0 saturated heterocycles. The third-order valence-corrected chi connectivity index (χ3v) is 4.23. The highest BCUT2D eigenvalue weighted by molar-refractivity contribution is 5.97. The van der Waals surface area contributed by atoms with Crippen LogP contribution in [0.15, 0.2) is 42.5 Å². The second-order valence-electron chi connectivity index (χ2n) is 6.58. The summed E-state index contributed by atoms with van der Waals surface area (Å²) in [5.74, 6) is -1.63. The molecule has 6 nitrogen and oxygen atoms in total. The predicted octanol–water partition coefficient (Wildman–Crippen LogP) is 3.10. The molecule has 0 aliphatic rings. The van der Waals surface area contributed by atoms with Crippen molar-refractivity contribution in [2.24, 2.45) is 0 Å². The summed E-state index contributed by atoms with van der Waals surface area (Å²) in [6.07, 6.45) is 0.0208. The molecule has 2 aromatic rings. The smallest absolute Gasteiger partial charge is 0.332 e. The lowest BCUT2D eigenvalue weighted by atomic mass is 9.91. The van der Waals surface area contributed by atoms with Crippen molar-refractivity contribution in [3.63, 3.8) is 0 Å². The molecule has 1 atom stereocenters. The van der Waals surface area contributed by atoms with Crippen LogP contribution in [0.2, 0.25) is 0 Å². The first-order valence-electron chi connectivity index (χ1n) is 8.15. The highest BCUT2D eigenvalue weighted by Crippen LogP contribution is 2.25. The standard InChI is InChI=1S/C20H23NO5/c1-13-9-14(2)11-16(10-13)18(23)21(26-4)20(3,19(24)25)12-15-5-7-17(22)8-6-15/h5-11,22H,12H2,1-4H3,(H,24,25)/t20-/m1/s1. The first kappa shape index (κ1) is 19.5. The summed E-state index contributed by atoms with van der Waals surface area (Å²) in [7, 11) is 1.28. The first-order chi connectivity index (χ1) is 12.2. The number of carboxylic acid groups (broad SMARTS) is 1. The Morgan fingerprint density at radius 3 is 2.08 bits per heavy atom. The molecular weight excluding hydrogens is 334 g/mol. The van der Waals surface area contributed by atoms with Crippen molar-refractivity contribution in [3.05, 3.63) is 64.7 Å². The van der Waals surface area contributed by atoms with Gasteiger partial charge < -0.3 is 10.2 Å². The predicted molar refractivity (Wildman–Crippen MR) is 96.9 cm³/mol. The fourth-order valence-electron chi connectivity index (χ4n) is 2.97. The SMILES string of the molecule is CON(C(=O)c1cc(C)cc(C)c1)[C@](C)(Cc1ccc(O)cc1)C(=O)O. The van der Waals surface area contributed by atoms with Crippen molar-refractivity contribution in [3.8, 4) is 5.75 Å². The third-order valence-electron chi connectivity index (χ3n) is 4.23. The molecule has 2 aromatic carbocycles. The van der Waals surface area contributed by atoms with E-state index in [1.807, 2.05) is 19.9 Å². The molecule has 0 unspecified atom stereocenters. The minimum absolute atomic E-state index is 0.0208. The fraction of sp³-hybridized carbons (Fsp3) is 0.300. The minimum Gasteiger partial charge on any atom is -0.508 e. The van der Waals surface area contributed by atoms with Crippen molar-refractivity contribution >= 4 is 11.9 Å². The van der Waals surface area contributed by atoms with Gasteiger partial charge in [-0.25, -0.2) is 9.86 Å². The second-order valence-corrected chi connectivity index (χ2v) is 6.58. The molecular formula is C20H23NO5. The van der Waals surface area contributed by atoms with E-state index in [9.17, 15) is 19.8 Å². The molecule has 0 spiro atoms. The number of rotatable bonds is 6. The summed E-state index contributed by atoms with van der Waals surface area (Å²) < 4.78 is 0. The number of nitrogens with zero attached hydrogens (tertiary/aromatic N) is 1. The van der Waals surface area contributed by atoms with Crippen LogP contribution in [0.1, 0.15) is 34.0 Å². The summed E-state index contributed by atoms with van der Waals surface area (Å²) in [5.41, 5.74) is 1.20. The zero-order chi connectivity index (χ0) is 19.5. The van der Waals surface area contributed by atoms with Crippen LogP contribution in [0.3, 0.4) is 0 Å². The van der Waals surface area contributed by atoms with Crippen molar-refractivity contribution in [1.82, 2.24) is 5.06 Å². The van der Waals surface area contributed by atoms with E-state index in [-0.39, 0.29) is 12.2 Å². The number of aromatic hydroxyl groups is 1. The topological polar surface area (TPSA) is 87.1 Å². The van der Waals surface area contributed by atoms with Crippen LogP contribution in [0.5, 0.6) is 5.75 Å². The van der Waals surface area contributed by atoms with Crippen LogP contribution in [0, 0.1) is 13.8 Å². The minimum atomic E-state index is -1.62. The van der Waals surface area contributed by atoms with Gasteiger partial charge in [0.1, 0.15) is 5.75 Å². The number of carboxylic acids is 1. The van der Waals surface area contributed by atoms with Crippen molar-refractivity contribution < 1.29 is 24.6 Å². The van der Waals surface area contributed by atoms with E-state index < -0.39 is 17.4 Å². The van der Waals surface area contributed by atoms with Gasteiger partial charge in [-0.2, -0.15) is 0 Å². The molecule has 0 bridgehead atoms. The number of phenolic OH excluding ortho intramolecular Hbond substituents is 1. The van der Waals surface area contributed by atoms with Crippen molar-refractivity contribution in [2.45, 2.75) is 32.7 Å². The maximum Gasteiger partial charge on any atom is 0.332 e. The lowest BCUT2D eigenvalue weighted by molar-refractivity contribution is -0.186. The fourth-order valence-corrected chi connectivity index (χ4v) is 2.97. The van der Waals surface area contributed by atoms with Crippen LogP contribution in [0.25, 0.3) is 0 Å². The van der Waals surface area contributed by atoms with Crippen LogP contribution < -0.4 is 0 Å². The Morgan fingerprint density at radius 1 is 1.08 bits per heavy atom. The Hall–Kier alpha value is -2.86. The summed E-state index contributed by atoms with van der Waals surface area (Å²) in [6, 6.07) is 11.5. The zero-order valence-electron chi connectivity index (χ0n) is 15.3. The number of hydrogen-bond donors (Lipinski definition) is 2. The molecule has 138 valence electrons. The molecule has 0 radical (unpaired) electrons. The Bertz CT molecular complexity index is 795. The number of benzene rings is 2. The van der Waals surface area contributed by atoms with Gasteiger partial charge in [0, 0.05) is 12.0 Å². The number of carbonyl (C=O) groups is 2. The maximum atomic E-state index is 13.0. The van der Waals surface area contributed by atoms with Crippen LogP contribution in [-0.2, 0) is 16.1 Å². The van der Waals surface area contributed by atoms with Gasteiger partial charge >= 0.3 is 5.97 Å². The van der Waals surface area contributed by atoms with E-state index in [1.54, 1.807) is 24.3 Å². The lowest BCUT2D eigenvalue weighted by Crippen LogP contribution is -2.56. The Morgan fingerprint density at radius 2 is 1.62 bits per heavy atom. The molecule has 2 N–H and O–H groups in total.